The highest BCUT2D eigenvalue weighted by molar-refractivity contribution is 4.92. The van der Waals surface area contributed by atoms with Crippen LogP contribution in [0.4, 0.5) is 0 Å². The van der Waals surface area contributed by atoms with Crippen molar-refractivity contribution in [1.82, 2.24) is 0 Å². The van der Waals surface area contributed by atoms with Crippen LogP contribution < -0.4 is 5.73 Å². The summed E-state index contributed by atoms with van der Waals surface area (Å²) in [5.41, 5.74) is 5.09. The predicted molar refractivity (Wildman–Crippen MR) is 53.3 cm³/mol. The Balaban J connectivity index is 1.98. The molecule has 2 heteroatoms. The third kappa shape index (κ3) is 1.89. The first kappa shape index (κ1) is 9.47. The van der Waals surface area contributed by atoms with Crippen molar-refractivity contribution in [2.24, 2.45) is 17.6 Å². The Morgan fingerprint density at radius 1 is 1.15 bits per heavy atom. The lowest BCUT2D eigenvalue weighted by Gasteiger charge is -2.43. The van der Waals surface area contributed by atoms with Crippen molar-refractivity contribution >= 4 is 0 Å². The summed E-state index contributed by atoms with van der Waals surface area (Å²) < 4.78 is 0. The Kier molecular flexibility index (Phi) is 2.61. The van der Waals surface area contributed by atoms with E-state index in [0.717, 1.165) is 24.7 Å². The zero-order valence-corrected chi connectivity index (χ0v) is 8.34. The van der Waals surface area contributed by atoms with Crippen molar-refractivity contribution in [1.29, 1.82) is 0 Å². The summed E-state index contributed by atoms with van der Waals surface area (Å²) in [6, 6.07) is 0. The summed E-state index contributed by atoms with van der Waals surface area (Å²) in [5, 5.41) is 10.1. The molecule has 0 aliphatic heterocycles. The summed E-state index contributed by atoms with van der Waals surface area (Å²) in [7, 11) is 0. The van der Waals surface area contributed by atoms with Crippen LogP contribution in [0.3, 0.4) is 0 Å². The van der Waals surface area contributed by atoms with Gasteiger partial charge in [-0.15, -0.1) is 0 Å². The molecule has 2 saturated carbocycles. The van der Waals surface area contributed by atoms with E-state index in [1.54, 1.807) is 0 Å². The lowest BCUT2D eigenvalue weighted by Crippen LogP contribution is -2.45. The highest BCUT2D eigenvalue weighted by Gasteiger charge is 2.39. The highest BCUT2D eigenvalue weighted by Crippen LogP contribution is 2.43. The van der Waals surface area contributed by atoms with Gasteiger partial charge in [-0.2, -0.15) is 0 Å². The van der Waals surface area contributed by atoms with Gasteiger partial charge in [0.15, 0.2) is 0 Å². The molecule has 3 atom stereocenters. The molecule has 2 rings (SSSR count). The van der Waals surface area contributed by atoms with Crippen LogP contribution in [0, 0.1) is 11.8 Å². The quantitative estimate of drug-likeness (QED) is 0.649. The van der Waals surface area contributed by atoms with Gasteiger partial charge in [0.1, 0.15) is 0 Å². The highest BCUT2D eigenvalue weighted by atomic mass is 16.3. The molecule has 0 bridgehead atoms. The molecule has 2 unspecified atom stereocenters. The molecule has 0 spiro atoms. The second kappa shape index (κ2) is 3.58. The first-order valence-electron chi connectivity index (χ1n) is 5.66. The SMILES string of the molecule is NC[C@]1(O)CCC2CCCCC2C1. The van der Waals surface area contributed by atoms with Crippen molar-refractivity contribution in [2.45, 2.75) is 50.5 Å². The molecule has 0 radical (unpaired) electrons. The fraction of sp³-hybridized carbons (Fsp3) is 1.00. The Bertz CT molecular complexity index is 183. The van der Waals surface area contributed by atoms with E-state index < -0.39 is 5.60 Å². The number of hydrogen-bond acceptors (Lipinski definition) is 2. The summed E-state index contributed by atoms with van der Waals surface area (Å²) in [6.45, 7) is 0.455. The summed E-state index contributed by atoms with van der Waals surface area (Å²) in [6.07, 6.45) is 8.60. The zero-order valence-electron chi connectivity index (χ0n) is 8.34. The molecule has 76 valence electrons. The minimum absolute atomic E-state index is 0.455. The van der Waals surface area contributed by atoms with Crippen LogP contribution in [0.2, 0.25) is 0 Å². The zero-order chi connectivity index (χ0) is 9.31. The van der Waals surface area contributed by atoms with Crippen LogP contribution in [0.25, 0.3) is 0 Å². The monoisotopic (exact) mass is 183 g/mol. The third-order valence-electron chi connectivity index (χ3n) is 4.07. The molecule has 2 aliphatic carbocycles. The topological polar surface area (TPSA) is 46.2 Å². The maximum atomic E-state index is 10.1. The van der Waals surface area contributed by atoms with E-state index in [0.29, 0.717) is 6.54 Å². The second-order valence-electron chi connectivity index (χ2n) is 4.98. The Morgan fingerprint density at radius 3 is 2.54 bits per heavy atom. The molecule has 0 aromatic carbocycles. The molecule has 13 heavy (non-hydrogen) atoms. The molecule has 0 aromatic heterocycles. The molecule has 2 aliphatic rings. The Labute approximate surface area is 80.5 Å². The van der Waals surface area contributed by atoms with Crippen molar-refractivity contribution in [3.05, 3.63) is 0 Å². The summed E-state index contributed by atoms with van der Waals surface area (Å²) in [5.74, 6) is 1.68. The maximum Gasteiger partial charge on any atom is 0.0772 e. The van der Waals surface area contributed by atoms with E-state index in [9.17, 15) is 5.11 Å². The van der Waals surface area contributed by atoms with Crippen molar-refractivity contribution in [3.8, 4) is 0 Å². The van der Waals surface area contributed by atoms with Crippen molar-refractivity contribution < 1.29 is 5.11 Å². The molecule has 0 heterocycles. The molecular weight excluding hydrogens is 162 g/mol. The third-order valence-corrected chi connectivity index (χ3v) is 4.07. The average molecular weight is 183 g/mol. The standard InChI is InChI=1S/C11H21NO/c12-8-11(13)6-5-9-3-1-2-4-10(9)7-11/h9-10,13H,1-8,12H2/t9?,10?,11-/m0/s1. The van der Waals surface area contributed by atoms with E-state index in [2.05, 4.69) is 0 Å². The maximum absolute atomic E-state index is 10.1. The number of rotatable bonds is 1. The van der Waals surface area contributed by atoms with Gasteiger partial charge in [0, 0.05) is 6.54 Å². The van der Waals surface area contributed by atoms with E-state index in [1.165, 1.54) is 32.1 Å². The van der Waals surface area contributed by atoms with Crippen LogP contribution in [-0.4, -0.2) is 17.3 Å². The molecule has 0 aromatic rings. The van der Waals surface area contributed by atoms with Crippen molar-refractivity contribution in [2.75, 3.05) is 6.54 Å². The molecule has 2 fully saturated rings. The second-order valence-corrected chi connectivity index (χ2v) is 4.98. The van der Waals surface area contributed by atoms with Crippen LogP contribution in [0.5, 0.6) is 0 Å². The van der Waals surface area contributed by atoms with E-state index >= 15 is 0 Å². The van der Waals surface area contributed by atoms with Gasteiger partial charge < -0.3 is 10.8 Å². The first-order chi connectivity index (χ1) is 6.23. The van der Waals surface area contributed by atoms with E-state index in [4.69, 9.17) is 5.73 Å². The van der Waals surface area contributed by atoms with Crippen LogP contribution in [0.1, 0.15) is 44.9 Å². The molecular formula is C11H21NO. The number of nitrogens with two attached hydrogens (primary N) is 1. The fourth-order valence-corrected chi connectivity index (χ4v) is 3.16. The minimum Gasteiger partial charge on any atom is -0.389 e. The van der Waals surface area contributed by atoms with E-state index in [1.807, 2.05) is 0 Å². The number of hydrogen-bond donors (Lipinski definition) is 2. The van der Waals surface area contributed by atoms with Gasteiger partial charge in [-0.3, -0.25) is 0 Å². The van der Waals surface area contributed by atoms with Gasteiger partial charge in [-0.25, -0.2) is 0 Å². The first-order valence-corrected chi connectivity index (χ1v) is 5.66. The average Bonchev–Trinajstić information content (AvgIpc) is 2.18. The smallest absolute Gasteiger partial charge is 0.0772 e. The summed E-state index contributed by atoms with van der Waals surface area (Å²) >= 11 is 0. The van der Waals surface area contributed by atoms with Gasteiger partial charge >= 0.3 is 0 Å². The van der Waals surface area contributed by atoms with E-state index in [-0.39, 0.29) is 0 Å². The Hall–Kier alpha value is -0.0800. The van der Waals surface area contributed by atoms with Crippen LogP contribution in [-0.2, 0) is 0 Å². The van der Waals surface area contributed by atoms with Gasteiger partial charge in [-0.1, -0.05) is 25.7 Å². The number of aliphatic hydroxyl groups is 1. The Morgan fingerprint density at radius 2 is 1.85 bits per heavy atom. The van der Waals surface area contributed by atoms with Crippen LogP contribution >= 0.6 is 0 Å². The molecule has 0 saturated heterocycles. The molecule has 2 nitrogen and oxygen atoms in total. The molecule has 0 amide bonds. The normalized spacial score (nSPS) is 45.7. The van der Waals surface area contributed by atoms with Crippen molar-refractivity contribution in [3.63, 3.8) is 0 Å². The van der Waals surface area contributed by atoms with Gasteiger partial charge in [0.25, 0.3) is 0 Å². The fourth-order valence-electron chi connectivity index (χ4n) is 3.16. The lowest BCUT2D eigenvalue weighted by molar-refractivity contribution is -0.0378. The lowest BCUT2D eigenvalue weighted by atomic mass is 9.66. The van der Waals surface area contributed by atoms with Gasteiger partial charge in [0.05, 0.1) is 5.60 Å². The largest absolute Gasteiger partial charge is 0.389 e. The predicted octanol–water partition coefficient (Wildman–Crippen LogP) is 1.67. The minimum atomic E-state index is -0.515. The summed E-state index contributed by atoms with van der Waals surface area (Å²) in [4.78, 5) is 0. The molecule has 3 N–H and O–H groups in total. The van der Waals surface area contributed by atoms with Gasteiger partial charge in [-0.05, 0) is 31.1 Å². The number of fused-ring (bicyclic) bond motifs is 1. The van der Waals surface area contributed by atoms with Gasteiger partial charge in [0.2, 0.25) is 0 Å². The van der Waals surface area contributed by atoms with Crippen LogP contribution in [0.15, 0.2) is 0 Å².